The van der Waals surface area contributed by atoms with Crippen LogP contribution in [0.2, 0.25) is 0 Å². The number of hydrogen-bond donors (Lipinski definition) is 1. The van der Waals surface area contributed by atoms with Gasteiger partial charge in [-0.15, -0.1) is 0 Å². The summed E-state index contributed by atoms with van der Waals surface area (Å²) in [7, 11) is -3.74. The molecule has 1 amide bonds. The van der Waals surface area contributed by atoms with Crippen molar-refractivity contribution in [1.82, 2.24) is 4.72 Å². The number of aryl methyl sites for hydroxylation is 1. The van der Waals surface area contributed by atoms with Crippen LogP contribution in [0.15, 0.2) is 41.3 Å². The Morgan fingerprint density at radius 3 is 2.73 bits per heavy atom. The van der Waals surface area contributed by atoms with Crippen molar-refractivity contribution in [3.63, 3.8) is 0 Å². The van der Waals surface area contributed by atoms with Crippen LogP contribution in [0.1, 0.15) is 56.3 Å². The van der Waals surface area contributed by atoms with E-state index in [4.69, 9.17) is 4.74 Å². The zero-order valence-electron chi connectivity index (χ0n) is 17.9. The Kier molecular flexibility index (Phi) is 5.14. The van der Waals surface area contributed by atoms with Crippen LogP contribution in [0.5, 0.6) is 5.75 Å². The molecular formula is C23H28N2O4S. The molecule has 0 radical (unpaired) electrons. The summed E-state index contributed by atoms with van der Waals surface area (Å²) in [5.74, 6) is 0.770. The van der Waals surface area contributed by atoms with Crippen LogP contribution in [-0.4, -0.2) is 26.5 Å². The minimum atomic E-state index is -3.74. The first-order valence-electron chi connectivity index (χ1n) is 10.3. The van der Waals surface area contributed by atoms with Crippen LogP contribution in [0.3, 0.4) is 0 Å². The summed E-state index contributed by atoms with van der Waals surface area (Å²) in [6, 6.07) is 10.5. The van der Waals surface area contributed by atoms with E-state index >= 15 is 0 Å². The summed E-state index contributed by atoms with van der Waals surface area (Å²) in [6.07, 6.45) is 1.63. The lowest BCUT2D eigenvalue weighted by atomic mass is 9.89. The average molecular weight is 429 g/mol. The number of nitrogens with zero attached hydrogens (tertiary/aromatic N) is 1. The number of benzene rings is 2. The fourth-order valence-corrected chi connectivity index (χ4v) is 5.60. The Morgan fingerprint density at radius 2 is 2.00 bits per heavy atom. The van der Waals surface area contributed by atoms with Crippen molar-refractivity contribution in [1.29, 1.82) is 0 Å². The van der Waals surface area contributed by atoms with E-state index < -0.39 is 15.6 Å². The first kappa shape index (κ1) is 20.9. The van der Waals surface area contributed by atoms with Gasteiger partial charge in [-0.2, -0.15) is 0 Å². The van der Waals surface area contributed by atoms with Crippen LogP contribution in [0.25, 0.3) is 0 Å². The van der Waals surface area contributed by atoms with Crippen LogP contribution in [-0.2, 0) is 21.2 Å². The lowest BCUT2D eigenvalue weighted by molar-refractivity contribution is -0.118. The van der Waals surface area contributed by atoms with Gasteiger partial charge in [0.15, 0.2) is 0 Å². The molecule has 0 saturated carbocycles. The maximum Gasteiger partial charge on any atom is 0.241 e. The molecule has 1 atom stereocenters. The van der Waals surface area contributed by atoms with Crippen molar-refractivity contribution < 1.29 is 17.9 Å². The molecule has 0 fully saturated rings. The fourth-order valence-electron chi connectivity index (χ4n) is 4.33. The standard InChI is InChI=1S/C23H28N2O4S/c1-5-22(26)25-11-10-16-13-17(7-8-20(16)25)30(27,28)24-19-14-23(3,4)29-21-9-6-15(2)12-18(19)21/h6-9,12-13,19,24H,5,10-11,14H2,1-4H3. The van der Waals surface area contributed by atoms with Crippen LogP contribution in [0.4, 0.5) is 5.69 Å². The van der Waals surface area contributed by atoms with Gasteiger partial charge >= 0.3 is 0 Å². The highest BCUT2D eigenvalue weighted by atomic mass is 32.2. The molecule has 0 aliphatic carbocycles. The van der Waals surface area contributed by atoms with Crippen molar-refractivity contribution in [2.24, 2.45) is 0 Å². The van der Waals surface area contributed by atoms with E-state index in [0.717, 1.165) is 22.4 Å². The summed E-state index contributed by atoms with van der Waals surface area (Å²) >= 11 is 0. The number of ether oxygens (including phenoxy) is 1. The van der Waals surface area contributed by atoms with Gasteiger partial charge in [0.2, 0.25) is 15.9 Å². The second kappa shape index (κ2) is 7.39. The molecular weight excluding hydrogens is 400 g/mol. The van der Waals surface area contributed by atoms with Gasteiger partial charge in [0, 0.05) is 30.6 Å². The Hall–Kier alpha value is -2.38. The number of sulfonamides is 1. The van der Waals surface area contributed by atoms with Gasteiger partial charge in [-0.05, 0) is 57.0 Å². The van der Waals surface area contributed by atoms with Gasteiger partial charge in [0.25, 0.3) is 0 Å². The molecule has 0 spiro atoms. The molecule has 2 aromatic rings. The van der Waals surface area contributed by atoms with E-state index in [1.807, 2.05) is 45.9 Å². The molecule has 0 saturated heterocycles. The maximum absolute atomic E-state index is 13.2. The first-order chi connectivity index (χ1) is 14.1. The Labute approximate surface area is 178 Å². The molecule has 2 aliphatic heterocycles. The Balaban J connectivity index is 1.64. The van der Waals surface area contributed by atoms with Crippen molar-refractivity contribution in [3.8, 4) is 5.75 Å². The third-order valence-electron chi connectivity index (χ3n) is 5.78. The minimum absolute atomic E-state index is 0.0545. The summed E-state index contributed by atoms with van der Waals surface area (Å²) in [4.78, 5) is 14.1. The fraction of sp³-hybridized carbons (Fsp3) is 0.435. The molecule has 0 aromatic heterocycles. The highest BCUT2D eigenvalue weighted by Gasteiger charge is 2.36. The number of anilines is 1. The van der Waals surface area contributed by atoms with Crippen molar-refractivity contribution >= 4 is 21.6 Å². The number of amides is 1. The van der Waals surface area contributed by atoms with Crippen molar-refractivity contribution in [2.45, 2.75) is 63.5 Å². The van der Waals surface area contributed by atoms with Gasteiger partial charge in [0.1, 0.15) is 11.4 Å². The highest BCUT2D eigenvalue weighted by Crippen LogP contribution is 2.41. The second-order valence-corrected chi connectivity index (χ2v) is 10.4. The molecule has 160 valence electrons. The van der Waals surface area contributed by atoms with E-state index in [-0.39, 0.29) is 16.8 Å². The number of hydrogen-bond acceptors (Lipinski definition) is 4. The Bertz CT molecular complexity index is 1110. The van der Waals surface area contributed by atoms with Crippen molar-refractivity contribution in [3.05, 3.63) is 53.1 Å². The van der Waals surface area contributed by atoms with Gasteiger partial charge in [-0.3, -0.25) is 4.79 Å². The first-order valence-corrected chi connectivity index (χ1v) is 11.8. The molecule has 2 heterocycles. The molecule has 1 unspecified atom stereocenters. The van der Waals surface area contributed by atoms with Gasteiger partial charge in [-0.1, -0.05) is 24.6 Å². The zero-order valence-corrected chi connectivity index (χ0v) is 18.7. The van der Waals surface area contributed by atoms with Gasteiger partial charge < -0.3 is 9.64 Å². The lowest BCUT2D eigenvalue weighted by Gasteiger charge is -2.38. The van der Waals surface area contributed by atoms with Gasteiger partial charge in [-0.25, -0.2) is 13.1 Å². The number of rotatable bonds is 4. The summed E-state index contributed by atoms with van der Waals surface area (Å²) < 4.78 is 35.4. The molecule has 4 rings (SSSR count). The van der Waals surface area contributed by atoms with E-state index in [1.54, 1.807) is 23.1 Å². The zero-order chi connectivity index (χ0) is 21.7. The van der Waals surface area contributed by atoms with E-state index in [2.05, 4.69) is 4.72 Å². The summed E-state index contributed by atoms with van der Waals surface area (Å²) in [5, 5.41) is 0. The molecule has 30 heavy (non-hydrogen) atoms. The third-order valence-corrected chi connectivity index (χ3v) is 7.25. The number of nitrogens with one attached hydrogen (secondary N) is 1. The molecule has 2 aromatic carbocycles. The molecule has 7 heteroatoms. The molecule has 2 aliphatic rings. The normalized spacial score (nSPS) is 19.7. The van der Waals surface area contributed by atoms with Crippen LogP contribution in [0, 0.1) is 6.92 Å². The monoisotopic (exact) mass is 428 g/mol. The Morgan fingerprint density at radius 1 is 1.23 bits per heavy atom. The van der Waals surface area contributed by atoms with E-state index in [9.17, 15) is 13.2 Å². The lowest BCUT2D eigenvalue weighted by Crippen LogP contribution is -2.41. The predicted octanol–water partition coefficient (Wildman–Crippen LogP) is 3.87. The quantitative estimate of drug-likeness (QED) is 0.802. The number of fused-ring (bicyclic) bond motifs is 2. The van der Waals surface area contributed by atoms with Crippen molar-refractivity contribution in [2.75, 3.05) is 11.4 Å². The minimum Gasteiger partial charge on any atom is -0.487 e. The maximum atomic E-state index is 13.2. The third kappa shape index (κ3) is 3.84. The smallest absolute Gasteiger partial charge is 0.241 e. The second-order valence-electron chi connectivity index (χ2n) is 8.72. The van der Waals surface area contributed by atoms with Crippen LogP contribution >= 0.6 is 0 Å². The predicted molar refractivity (Wildman–Crippen MR) is 116 cm³/mol. The highest BCUT2D eigenvalue weighted by molar-refractivity contribution is 7.89. The topological polar surface area (TPSA) is 75.7 Å². The largest absolute Gasteiger partial charge is 0.487 e. The SMILES string of the molecule is CCC(=O)N1CCc2cc(S(=O)(=O)NC3CC(C)(C)Oc4ccc(C)cc43)ccc21. The molecule has 6 nitrogen and oxygen atoms in total. The average Bonchev–Trinajstić information content (AvgIpc) is 3.10. The molecule has 0 bridgehead atoms. The summed E-state index contributed by atoms with van der Waals surface area (Å²) in [6.45, 7) is 8.34. The van der Waals surface area contributed by atoms with E-state index in [0.29, 0.717) is 31.6 Å². The number of carbonyl (C=O) groups is 1. The van der Waals surface area contributed by atoms with Crippen LogP contribution < -0.4 is 14.4 Å². The van der Waals surface area contributed by atoms with Gasteiger partial charge in [0.05, 0.1) is 10.9 Å². The number of carbonyl (C=O) groups excluding carboxylic acids is 1. The molecule has 1 N–H and O–H groups in total. The summed E-state index contributed by atoms with van der Waals surface area (Å²) in [5.41, 5.74) is 3.14. The van der Waals surface area contributed by atoms with E-state index in [1.165, 1.54) is 0 Å².